The van der Waals surface area contributed by atoms with Crippen LogP contribution >= 0.6 is 0 Å². The summed E-state index contributed by atoms with van der Waals surface area (Å²) in [5, 5.41) is 9.02. The zero-order chi connectivity index (χ0) is 13.5. The van der Waals surface area contributed by atoms with E-state index in [1.54, 1.807) is 0 Å². The van der Waals surface area contributed by atoms with Gasteiger partial charge < -0.3 is 5.11 Å². The Morgan fingerprint density at radius 1 is 1.44 bits per heavy atom. The van der Waals surface area contributed by atoms with E-state index in [-0.39, 0.29) is 22.7 Å². The Kier molecular flexibility index (Phi) is 3.18. The summed E-state index contributed by atoms with van der Waals surface area (Å²) in [5.74, 6) is -1.01. The zero-order valence-electron chi connectivity index (χ0n) is 11.1. The van der Waals surface area contributed by atoms with Gasteiger partial charge in [0.2, 0.25) is 0 Å². The molecule has 0 saturated heterocycles. The summed E-state index contributed by atoms with van der Waals surface area (Å²) in [4.78, 5) is 23.4. The van der Waals surface area contributed by atoms with Gasteiger partial charge in [-0.05, 0) is 39.5 Å². The molecule has 1 N–H and O–H groups in total. The second-order valence-electron chi connectivity index (χ2n) is 5.80. The first kappa shape index (κ1) is 13.1. The number of ketones is 1. The summed E-state index contributed by atoms with van der Waals surface area (Å²) in [5.41, 5.74) is 2.30. The van der Waals surface area contributed by atoms with Crippen LogP contribution in [0.1, 0.15) is 46.0 Å². The number of allylic oxidation sites excluding steroid dienone is 2. The zero-order valence-corrected chi connectivity index (χ0v) is 11.1. The van der Waals surface area contributed by atoms with Crippen LogP contribution in [-0.4, -0.2) is 16.9 Å². The minimum atomic E-state index is -0.981. The van der Waals surface area contributed by atoms with Gasteiger partial charge in [0.15, 0.2) is 0 Å². The average Bonchev–Trinajstić information content (AvgIpc) is 2.30. The van der Waals surface area contributed by atoms with Gasteiger partial charge >= 0.3 is 5.97 Å². The quantitative estimate of drug-likeness (QED) is 0.603. The molecule has 2 aliphatic rings. The highest BCUT2D eigenvalue weighted by molar-refractivity contribution is 5.93. The molecule has 2 atom stereocenters. The highest BCUT2D eigenvalue weighted by atomic mass is 16.4. The summed E-state index contributed by atoms with van der Waals surface area (Å²) in [6.45, 7) is 7.72. The van der Waals surface area contributed by atoms with Crippen LogP contribution in [0.5, 0.6) is 0 Å². The minimum absolute atomic E-state index is 0.177. The van der Waals surface area contributed by atoms with Crippen molar-refractivity contribution in [3.63, 3.8) is 0 Å². The molecule has 0 aromatic heterocycles. The van der Waals surface area contributed by atoms with Gasteiger partial charge in [0.25, 0.3) is 0 Å². The summed E-state index contributed by atoms with van der Waals surface area (Å²) < 4.78 is 0. The van der Waals surface area contributed by atoms with Gasteiger partial charge in [0, 0.05) is 23.3 Å². The number of Topliss-reactive ketones (excluding diaryl/α,β-unsaturated/α-hetero) is 1. The third-order valence-electron chi connectivity index (χ3n) is 4.68. The number of fused-ring (bicyclic) bond motifs is 1. The molecule has 0 amide bonds. The number of hydrogen-bond donors (Lipinski definition) is 1. The van der Waals surface area contributed by atoms with Gasteiger partial charge in [-0.1, -0.05) is 17.7 Å². The van der Waals surface area contributed by atoms with E-state index in [2.05, 4.69) is 13.5 Å². The lowest BCUT2D eigenvalue weighted by molar-refractivity contribution is -0.134. The fraction of sp³-hybridized carbons (Fsp3) is 0.600. The first-order chi connectivity index (χ1) is 8.36. The SMILES string of the molecule is C=C(C(=O)O)C1CC(=O)C2(C)CCCC(C)=C2C1. The molecule has 3 nitrogen and oxygen atoms in total. The van der Waals surface area contributed by atoms with Gasteiger partial charge in [-0.15, -0.1) is 0 Å². The van der Waals surface area contributed by atoms with Crippen molar-refractivity contribution in [3.8, 4) is 0 Å². The Morgan fingerprint density at radius 3 is 2.72 bits per heavy atom. The Balaban J connectivity index is 2.35. The van der Waals surface area contributed by atoms with Crippen LogP contribution in [0.3, 0.4) is 0 Å². The molecule has 18 heavy (non-hydrogen) atoms. The summed E-state index contributed by atoms with van der Waals surface area (Å²) in [6.07, 6.45) is 4.02. The van der Waals surface area contributed by atoms with Crippen molar-refractivity contribution >= 4 is 11.8 Å². The normalized spacial score (nSPS) is 32.1. The molecule has 2 aliphatic carbocycles. The largest absolute Gasteiger partial charge is 0.478 e. The van der Waals surface area contributed by atoms with Crippen molar-refractivity contribution in [1.82, 2.24) is 0 Å². The second-order valence-corrected chi connectivity index (χ2v) is 5.80. The molecule has 0 spiro atoms. The fourth-order valence-electron chi connectivity index (χ4n) is 3.38. The molecule has 0 heterocycles. The topological polar surface area (TPSA) is 54.4 Å². The first-order valence-electron chi connectivity index (χ1n) is 6.50. The number of hydrogen-bond acceptors (Lipinski definition) is 2. The Labute approximate surface area is 108 Å². The molecule has 3 heteroatoms. The predicted octanol–water partition coefficient (Wildman–Crippen LogP) is 3.11. The summed E-state index contributed by atoms with van der Waals surface area (Å²) >= 11 is 0. The van der Waals surface area contributed by atoms with E-state index < -0.39 is 5.97 Å². The average molecular weight is 248 g/mol. The van der Waals surface area contributed by atoms with Gasteiger partial charge in [0.05, 0.1) is 0 Å². The number of carboxylic acids is 1. The summed E-state index contributed by atoms with van der Waals surface area (Å²) in [6, 6.07) is 0. The molecule has 98 valence electrons. The fourth-order valence-corrected chi connectivity index (χ4v) is 3.38. The number of aliphatic carboxylic acids is 1. The van der Waals surface area contributed by atoms with Crippen molar-refractivity contribution in [1.29, 1.82) is 0 Å². The van der Waals surface area contributed by atoms with Crippen LogP contribution in [0, 0.1) is 11.3 Å². The summed E-state index contributed by atoms with van der Waals surface area (Å²) in [7, 11) is 0. The van der Waals surface area contributed by atoms with E-state index in [1.807, 2.05) is 6.92 Å². The predicted molar refractivity (Wildman–Crippen MR) is 69.2 cm³/mol. The van der Waals surface area contributed by atoms with E-state index in [1.165, 1.54) is 11.1 Å². The first-order valence-corrected chi connectivity index (χ1v) is 6.50. The van der Waals surface area contributed by atoms with E-state index in [4.69, 9.17) is 5.11 Å². The van der Waals surface area contributed by atoms with Crippen molar-refractivity contribution in [2.75, 3.05) is 0 Å². The smallest absolute Gasteiger partial charge is 0.331 e. The molecule has 0 bridgehead atoms. The van der Waals surface area contributed by atoms with Crippen LogP contribution in [-0.2, 0) is 9.59 Å². The molecule has 1 fully saturated rings. The van der Waals surface area contributed by atoms with Crippen LogP contribution in [0.15, 0.2) is 23.3 Å². The molecule has 0 aromatic carbocycles. The van der Waals surface area contributed by atoms with E-state index in [0.717, 1.165) is 19.3 Å². The number of carbonyl (C=O) groups excluding carboxylic acids is 1. The Morgan fingerprint density at radius 2 is 2.11 bits per heavy atom. The molecule has 2 unspecified atom stereocenters. The minimum Gasteiger partial charge on any atom is -0.478 e. The van der Waals surface area contributed by atoms with Crippen LogP contribution in [0.25, 0.3) is 0 Å². The molecule has 0 aliphatic heterocycles. The lowest BCUT2D eigenvalue weighted by Gasteiger charge is -2.42. The van der Waals surface area contributed by atoms with Gasteiger partial charge in [-0.3, -0.25) is 4.79 Å². The molecule has 1 saturated carbocycles. The monoisotopic (exact) mass is 248 g/mol. The third-order valence-corrected chi connectivity index (χ3v) is 4.68. The van der Waals surface area contributed by atoms with Crippen LogP contribution in [0.2, 0.25) is 0 Å². The van der Waals surface area contributed by atoms with Crippen LogP contribution < -0.4 is 0 Å². The van der Waals surface area contributed by atoms with Gasteiger partial charge in [0.1, 0.15) is 5.78 Å². The van der Waals surface area contributed by atoms with Crippen molar-refractivity contribution in [2.45, 2.75) is 46.0 Å². The highest BCUT2D eigenvalue weighted by Gasteiger charge is 2.45. The Bertz CT molecular complexity index is 458. The van der Waals surface area contributed by atoms with Crippen molar-refractivity contribution < 1.29 is 14.7 Å². The van der Waals surface area contributed by atoms with Crippen LogP contribution in [0.4, 0.5) is 0 Å². The maximum absolute atomic E-state index is 12.4. The Hall–Kier alpha value is -1.38. The molecule has 0 radical (unpaired) electrons. The third kappa shape index (κ3) is 1.92. The van der Waals surface area contributed by atoms with E-state index in [9.17, 15) is 9.59 Å². The lowest BCUT2D eigenvalue weighted by atomic mass is 9.60. The lowest BCUT2D eigenvalue weighted by Crippen LogP contribution is -2.40. The molecule has 0 aromatic rings. The van der Waals surface area contributed by atoms with Gasteiger partial charge in [-0.2, -0.15) is 0 Å². The van der Waals surface area contributed by atoms with Gasteiger partial charge in [-0.25, -0.2) is 4.79 Å². The second kappa shape index (κ2) is 4.38. The molecular formula is C15H20O3. The number of carbonyl (C=O) groups is 2. The van der Waals surface area contributed by atoms with E-state index in [0.29, 0.717) is 12.8 Å². The molecular weight excluding hydrogens is 228 g/mol. The maximum atomic E-state index is 12.4. The number of carboxylic acid groups (broad SMARTS) is 1. The highest BCUT2D eigenvalue weighted by Crippen LogP contribution is 2.50. The standard InChI is InChI=1S/C15H20O3/c1-9-5-4-6-15(3)12(9)7-11(8-13(15)16)10(2)14(17)18/h11H,2,4-8H2,1,3H3,(H,17,18). The van der Waals surface area contributed by atoms with Crippen molar-refractivity contribution in [2.24, 2.45) is 11.3 Å². The van der Waals surface area contributed by atoms with Crippen molar-refractivity contribution in [3.05, 3.63) is 23.3 Å². The maximum Gasteiger partial charge on any atom is 0.331 e. The molecule has 2 rings (SSSR count). The van der Waals surface area contributed by atoms with E-state index >= 15 is 0 Å². The number of rotatable bonds is 2.